The Bertz CT molecular complexity index is 318. The molecule has 0 bridgehead atoms. The summed E-state index contributed by atoms with van der Waals surface area (Å²) in [5, 5.41) is 0. The molecule has 0 atom stereocenters. The Kier molecular flexibility index (Phi) is 21.4. The third-order valence-electron chi connectivity index (χ3n) is 4.25. The third kappa shape index (κ3) is 25.0. The maximum Gasteiger partial charge on any atom is 1.00 e. The zero-order valence-electron chi connectivity index (χ0n) is 15.0. The zero-order valence-corrected chi connectivity index (χ0v) is 17.3. The summed E-state index contributed by atoms with van der Waals surface area (Å²) in [5.74, 6) is -0.189. The van der Waals surface area contributed by atoms with Gasteiger partial charge in [-0.2, -0.15) is 0 Å². The maximum atomic E-state index is 10.4. The predicted octanol–water partition coefficient (Wildman–Crippen LogP) is 5.79. The van der Waals surface area contributed by atoms with Gasteiger partial charge in [0.25, 0.3) is 0 Å². The van der Waals surface area contributed by atoms with E-state index in [0.29, 0.717) is 6.42 Å². The average molecular weight is 441 g/mol. The van der Waals surface area contributed by atoms with Crippen LogP contribution >= 0.6 is 0 Å². The van der Waals surface area contributed by atoms with Crippen molar-refractivity contribution in [3.63, 3.8) is 0 Å². The van der Waals surface area contributed by atoms with Gasteiger partial charge in [-0.3, -0.25) is 0 Å². The van der Waals surface area contributed by atoms with Crippen molar-refractivity contribution in [3.05, 3.63) is 0 Å². The van der Waals surface area contributed by atoms with Crippen LogP contribution in [0.3, 0.4) is 0 Å². The summed E-state index contributed by atoms with van der Waals surface area (Å²) < 4.78 is 31.3. The minimum absolute atomic E-state index is 0. The Labute approximate surface area is 160 Å². The van der Waals surface area contributed by atoms with E-state index in [1.165, 1.54) is 83.5 Å². The molecule has 5 heteroatoms. The molecule has 0 saturated heterocycles. The van der Waals surface area contributed by atoms with Crippen molar-refractivity contribution >= 4 is 10.1 Å². The first kappa shape index (κ1) is 25.9. The molecular weight excluding hydrogens is 404 g/mol. The van der Waals surface area contributed by atoms with E-state index in [1.54, 1.807) is 0 Å². The van der Waals surface area contributed by atoms with Crippen LogP contribution in [0.5, 0.6) is 0 Å². The van der Waals surface area contributed by atoms with Gasteiger partial charge in [-0.05, 0) is 6.42 Å². The van der Waals surface area contributed by atoms with Crippen molar-refractivity contribution in [3.8, 4) is 0 Å². The first-order valence-electron chi connectivity index (χ1n) is 9.50. The second-order valence-electron chi connectivity index (χ2n) is 6.57. The number of hydrogen-bond acceptors (Lipinski definition) is 3. The van der Waals surface area contributed by atoms with E-state index in [-0.39, 0.29) is 28.1 Å². The van der Waals surface area contributed by atoms with Crippen molar-refractivity contribution in [2.75, 3.05) is 5.75 Å². The molecule has 144 valence electrons. The van der Waals surface area contributed by atoms with Crippen LogP contribution in [-0.4, -0.2) is 18.7 Å². The summed E-state index contributed by atoms with van der Waals surface area (Å²) in [7, 11) is -3.99. The summed E-state index contributed by atoms with van der Waals surface area (Å²) in [4.78, 5) is 0. The van der Waals surface area contributed by atoms with Crippen molar-refractivity contribution < 1.29 is 35.4 Å². The van der Waals surface area contributed by atoms with E-state index in [4.69, 9.17) is 0 Å². The van der Waals surface area contributed by atoms with Crippen LogP contribution in [0.15, 0.2) is 0 Å². The summed E-state index contributed by atoms with van der Waals surface area (Å²) in [5.41, 5.74) is 0. The van der Waals surface area contributed by atoms with Crippen LogP contribution in [0.25, 0.3) is 0 Å². The molecule has 0 rings (SSSR count). The fourth-order valence-corrected chi connectivity index (χ4v) is 3.38. The normalized spacial score (nSPS) is 11.4. The van der Waals surface area contributed by atoms with Crippen LogP contribution in [0, 0.1) is 0 Å². The molecule has 0 heterocycles. The molecule has 0 aromatic carbocycles. The van der Waals surface area contributed by atoms with E-state index in [2.05, 4.69) is 6.92 Å². The molecule has 0 aromatic heterocycles. The van der Waals surface area contributed by atoms with Gasteiger partial charge in [-0.1, -0.05) is 103 Å². The van der Waals surface area contributed by atoms with Gasteiger partial charge in [-0.15, -0.1) is 0 Å². The second kappa shape index (κ2) is 19.0. The van der Waals surface area contributed by atoms with Gasteiger partial charge >= 0.3 is 22.4 Å². The van der Waals surface area contributed by atoms with Gasteiger partial charge in [-0.25, -0.2) is 8.42 Å². The molecule has 23 heavy (non-hydrogen) atoms. The van der Waals surface area contributed by atoms with E-state index >= 15 is 0 Å². The zero-order chi connectivity index (χ0) is 16.5. The van der Waals surface area contributed by atoms with Gasteiger partial charge in [0, 0.05) is 5.75 Å². The Morgan fingerprint density at radius 3 is 1.09 bits per heavy atom. The summed E-state index contributed by atoms with van der Waals surface area (Å²) in [6.45, 7) is 2.26. The van der Waals surface area contributed by atoms with Crippen molar-refractivity contribution in [1.29, 1.82) is 0 Å². The molecule has 0 saturated carbocycles. The van der Waals surface area contributed by atoms with Crippen molar-refractivity contribution in [2.24, 2.45) is 0 Å². The van der Waals surface area contributed by atoms with Crippen LogP contribution in [-0.2, 0) is 32.5 Å². The van der Waals surface area contributed by atoms with Gasteiger partial charge in [0.05, 0.1) is 10.1 Å². The molecule has 0 spiro atoms. The Morgan fingerprint density at radius 1 is 0.565 bits per heavy atom. The van der Waals surface area contributed by atoms with Gasteiger partial charge in [0.1, 0.15) is 0 Å². The largest absolute Gasteiger partial charge is 1.00 e. The quantitative estimate of drug-likeness (QED) is 0.163. The van der Waals surface area contributed by atoms with Crippen LogP contribution in [0.2, 0.25) is 0 Å². The van der Waals surface area contributed by atoms with Crippen LogP contribution < -0.4 is 0 Å². The maximum absolute atomic E-state index is 10.4. The molecule has 0 aromatic rings. The van der Waals surface area contributed by atoms with Gasteiger partial charge in [0.2, 0.25) is 0 Å². The fraction of sp³-hybridized carbons (Fsp3) is 1.00. The minimum atomic E-state index is -3.99. The summed E-state index contributed by atoms with van der Waals surface area (Å²) in [6, 6.07) is 0. The number of unbranched alkanes of at least 4 members (excludes halogenated alkanes) is 15. The Morgan fingerprint density at radius 2 is 0.826 bits per heavy atom. The smallest absolute Gasteiger partial charge is 0.748 e. The first-order chi connectivity index (χ1) is 10.6. The Balaban J connectivity index is 0. The monoisotopic (exact) mass is 440 g/mol. The molecule has 0 aliphatic rings. The second-order valence-corrected chi connectivity index (χ2v) is 8.09. The standard InChI is InChI=1S/C18H38O3S.Ag/c1-2-3-4-5-6-7-8-9-10-11-12-13-14-15-16-17-18-22(19,20)21;/h2-18H2,1H3,(H,19,20,21);/q;+1/p-1. The molecule has 0 N–H and O–H groups in total. The number of hydrogen-bond donors (Lipinski definition) is 0. The number of rotatable bonds is 17. The third-order valence-corrected chi connectivity index (χ3v) is 5.04. The van der Waals surface area contributed by atoms with E-state index < -0.39 is 10.1 Å². The first-order valence-corrected chi connectivity index (χ1v) is 11.1. The van der Waals surface area contributed by atoms with Crippen LogP contribution in [0.4, 0.5) is 0 Å². The van der Waals surface area contributed by atoms with Gasteiger partial charge < -0.3 is 4.55 Å². The Hall–Kier alpha value is 0.650. The topological polar surface area (TPSA) is 57.2 Å². The van der Waals surface area contributed by atoms with Crippen molar-refractivity contribution in [2.45, 2.75) is 110 Å². The van der Waals surface area contributed by atoms with E-state index in [9.17, 15) is 13.0 Å². The molecule has 0 unspecified atom stereocenters. The predicted molar refractivity (Wildman–Crippen MR) is 94.1 cm³/mol. The molecule has 0 amide bonds. The van der Waals surface area contributed by atoms with E-state index in [1.807, 2.05) is 0 Å². The fourth-order valence-electron chi connectivity index (χ4n) is 2.83. The average Bonchev–Trinajstić information content (AvgIpc) is 2.45. The van der Waals surface area contributed by atoms with E-state index in [0.717, 1.165) is 12.8 Å². The minimum Gasteiger partial charge on any atom is -0.748 e. The van der Waals surface area contributed by atoms with Crippen LogP contribution in [0.1, 0.15) is 110 Å². The molecule has 0 aliphatic carbocycles. The molecule has 0 fully saturated rings. The van der Waals surface area contributed by atoms with Gasteiger partial charge in [0.15, 0.2) is 0 Å². The molecular formula is C18H37AgO3S. The summed E-state index contributed by atoms with van der Waals surface area (Å²) >= 11 is 0. The van der Waals surface area contributed by atoms with Crippen molar-refractivity contribution in [1.82, 2.24) is 0 Å². The summed E-state index contributed by atoms with van der Waals surface area (Å²) in [6.07, 6.45) is 20.1. The molecule has 0 aliphatic heterocycles. The molecule has 3 nitrogen and oxygen atoms in total. The SMILES string of the molecule is CCCCCCCCCCCCCCCCCCS(=O)(=O)[O-].[Ag+]. The molecule has 0 radical (unpaired) electrons.